The third-order valence-electron chi connectivity index (χ3n) is 1.89. The standard InChI is InChI=1S/C6H11N3O4/c1-12-6-5(11)4(10)3(2-13-6)8-9-7/h3-6,10-11H,2H2,1H3/t3-,4-,5-,6+/m1/s1. The van der Waals surface area contributed by atoms with E-state index in [0.717, 1.165) is 0 Å². The molecule has 0 spiro atoms. The number of aliphatic hydroxyl groups is 2. The second-order valence-corrected chi connectivity index (χ2v) is 2.69. The summed E-state index contributed by atoms with van der Waals surface area (Å²) in [4.78, 5) is 2.53. The first-order valence-electron chi connectivity index (χ1n) is 3.75. The topological polar surface area (TPSA) is 108 Å². The van der Waals surface area contributed by atoms with Crippen LogP contribution in [0.4, 0.5) is 0 Å². The van der Waals surface area contributed by atoms with Crippen LogP contribution in [0, 0.1) is 0 Å². The van der Waals surface area contributed by atoms with E-state index in [0.29, 0.717) is 0 Å². The molecule has 13 heavy (non-hydrogen) atoms. The van der Waals surface area contributed by atoms with Gasteiger partial charge in [0.05, 0.1) is 18.8 Å². The molecular formula is C6H11N3O4. The molecule has 4 atom stereocenters. The van der Waals surface area contributed by atoms with Crippen molar-refractivity contribution in [3.05, 3.63) is 10.4 Å². The first kappa shape index (κ1) is 10.2. The van der Waals surface area contributed by atoms with Crippen molar-refractivity contribution in [3.8, 4) is 0 Å². The van der Waals surface area contributed by atoms with Crippen molar-refractivity contribution in [3.63, 3.8) is 0 Å². The normalized spacial score (nSPS) is 39.6. The van der Waals surface area contributed by atoms with Crippen LogP contribution in [0.1, 0.15) is 0 Å². The molecule has 1 fully saturated rings. The molecule has 0 aromatic rings. The zero-order valence-electron chi connectivity index (χ0n) is 7.07. The number of nitrogens with zero attached hydrogens (tertiary/aromatic N) is 3. The van der Waals surface area contributed by atoms with E-state index in [4.69, 9.17) is 15.0 Å². The van der Waals surface area contributed by atoms with Crippen molar-refractivity contribution in [1.82, 2.24) is 0 Å². The molecule has 0 unspecified atom stereocenters. The molecule has 1 heterocycles. The average Bonchev–Trinajstić information content (AvgIpc) is 2.14. The molecule has 1 rings (SSSR count). The monoisotopic (exact) mass is 189 g/mol. The van der Waals surface area contributed by atoms with E-state index < -0.39 is 24.5 Å². The van der Waals surface area contributed by atoms with Gasteiger partial charge in [0.15, 0.2) is 6.29 Å². The molecule has 7 heteroatoms. The SMILES string of the molecule is CO[C@H]1OC[C@@H](N=[N+]=[N-])[C@@H](O)[C@H]1O. The van der Waals surface area contributed by atoms with Crippen LogP contribution in [0.5, 0.6) is 0 Å². The predicted molar refractivity (Wildman–Crippen MR) is 41.7 cm³/mol. The molecule has 0 amide bonds. The summed E-state index contributed by atoms with van der Waals surface area (Å²) in [5.41, 5.74) is 8.12. The smallest absolute Gasteiger partial charge is 0.185 e. The van der Waals surface area contributed by atoms with E-state index in [2.05, 4.69) is 10.0 Å². The predicted octanol–water partition coefficient (Wildman–Crippen LogP) is -0.610. The van der Waals surface area contributed by atoms with Gasteiger partial charge in [-0.25, -0.2) is 0 Å². The second kappa shape index (κ2) is 4.40. The Bertz CT molecular complexity index is 218. The molecule has 74 valence electrons. The van der Waals surface area contributed by atoms with Gasteiger partial charge < -0.3 is 19.7 Å². The van der Waals surface area contributed by atoms with Crippen LogP contribution < -0.4 is 0 Å². The first-order chi connectivity index (χ1) is 6.20. The maximum absolute atomic E-state index is 9.40. The Labute approximate surface area is 74.5 Å². The van der Waals surface area contributed by atoms with Crippen LogP contribution in [0.15, 0.2) is 5.11 Å². The number of hydrogen-bond acceptors (Lipinski definition) is 5. The minimum Gasteiger partial charge on any atom is -0.390 e. The van der Waals surface area contributed by atoms with E-state index >= 15 is 0 Å². The van der Waals surface area contributed by atoms with E-state index in [1.807, 2.05) is 0 Å². The number of rotatable bonds is 2. The van der Waals surface area contributed by atoms with Gasteiger partial charge in [0, 0.05) is 12.0 Å². The Morgan fingerprint density at radius 3 is 2.77 bits per heavy atom. The molecule has 0 aromatic heterocycles. The van der Waals surface area contributed by atoms with Crippen LogP contribution in [-0.4, -0.2) is 48.5 Å². The van der Waals surface area contributed by atoms with E-state index in [-0.39, 0.29) is 6.61 Å². The highest BCUT2D eigenvalue weighted by Crippen LogP contribution is 2.18. The molecule has 1 saturated heterocycles. The zero-order valence-corrected chi connectivity index (χ0v) is 7.07. The Kier molecular flexibility index (Phi) is 3.47. The summed E-state index contributed by atoms with van der Waals surface area (Å²) in [6.45, 7) is 0.0425. The largest absolute Gasteiger partial charge is 0.390 e. The maximum Gasteiger partial charge on any atom is 0.185 e. The van der Waals surface area contributed by atoms with Gasteiger partial charge in [0.25, 0.3) is 0 Å². The lowest BCUT2D eigenvalue weighted by Gasteiger charge is -2.34. The van der Waals surface area contributed by atoms with Gasteiger partial charge in [0.2, 0.25) is 0 Å². The number of aliphatic hydroxyl groups excluding tert-OH is 2. The lowest BCUT2D eigenvalue weighted by atomic mass is 10.0. The lowest BCUT2D eigenvalue weighted by Crippen LogP contribution is -2.52. The van der Waals surface area contributed by atoms with Crippen LogP contribution in [0.25, 0.3) is 10.4 Å². The quantitative estimate of drug-likeness (QED) is 0.343. The molecule has 7 nitrogen and oxygen atoms in total. The van der Waals surface area contributed by atoms with Crippen LogP contribution in [-0.2, 0) is 9.47 Å². The molecule has 0 aromatic carbocycles. The van der Waals surface area contributed by atoms with E-state index in [1.54, 1.807) is 0 Å². The van der Waals surface area contributed by atoms with E-state index in [9.17, 15) is 10.2 Å². The molecule has 1 aliphatic rings. The summed E-state index contributed by atoms with van der Waals surface area (Å²) in [7, 11) is 1.36. The number of ether oxygens (including phenoxy) is 2. The Hall–Kier alpha value is -0.850. The number of hydrogen-bond donors (Lipinski definition) is 2. The van der Waals surface area contributed by atoms with Crippen molar-refractivity contribution in [2.75, 3.05) is 13.7 Å². The van der Waals surface area contributed by atoms with E-state index in [1.165, 1.54) is 7.11 Å². The summed E-state index contributed by atoms with van der Waals surface area (Å²) >= 11 is 0. The van der Waals surface area contributed by atoms with Crippen LogP contribution in [0.2, 0.25) is 0 Å². The molecule has 0 bridgehead atoms. The summed E-state index contributed by atoms with van der Waals surface area (Å²) in [5.74, 6) is 0. The van der Waals surface area contributed by atoms with Gasteiger partial charge in [-0.05, 0) is 5.53 Å². The van der Waals surface area contributed by atoms with Crippen LogP contribution >= 0.6 is 0 Å². The summed E-state index contributed by atoms with van der Waals surface area (Å²) in [6.07, 6.45) is -3.19. The average molecular weight is 189 g/mol. The number of azide groups is 1. The van der Waals surface area contributed by atoms with Crippen molar-refractivity contribution in [2.24, 2.45) is 5.11 Å². The summed E-state index contributed by atoms with van der Waals surface area (Å²) in [5, 5.41) is 22.0. The molecule has 0 radical (unpaired) electrons. The van der Waals surface area contributed by atoms with Gasteiger partial charge in [0.1, 0.15) is 6.10 Å². The van der Waals surface area contributed by atoms with Gasteiger partial charge in [-0.3, -0.25) is 0 Å². The summed E-state index contributed by atoms with van der Waals surface area (Å²) < 4.78 is 9.71. The van der Waals surface area contributed by atoms with Crippen LogP contribution in [0.3, 0.4) is 0 Å². The number of methoxy groups -OCH3 is 1. The Morgan fingerprint density at radius 2 is 2.23 bits per heavy atom. The fraction of sp³-hybridized carbons (Fsp3) is 1.00. The van der Waals surface area contributed by atoms with Crippen molar-refractivity contribution in [2.45, 2.75) is 24.5 Å². The minimum absolute atomic E-state index is 0.0425. The minimum atomic E-state index is -1.19. The fourth-order valence-corrected chi connectivity index (χ4v) is 1.15. The highest BCUT2D eigenvalue weighted by atomic mass is 16.7. The van der Waals surface area contributed by atoms with Crippen molar-refractivity contribution in [1.29, 1.82) is 0 Å². The van der Waals surface area contributed by atoms with Gasteiger partial charge in [-0.2, -0.15) is 0 Å². The third kappa shape index (κ3) is 2.09. The van der Waals surface area contributed by atoms with Crippen molar-refractivity contribution >= 4 is 0 Å². The van der Waals surface area contributed by atoms with Gasteiger partial charge in [-0.15, -0.1) is 0 Å². The highest BCUT2D eigenvalue weighted by Gasteiger charge is 2.37. The summed E-state index contributed by atoms with van der Waals surface area (Å²) in [6, 6.07) is -0.758. The molecule has 0 saturated carbocycles. The van der Waals surface area contributed by atoms with Gasteiger partial charge >= 0.3 is 0 Å². The maximum atomic E-state index is 9.40. The zero-order chi connectivity index (χ0) is 9.84. The first-order valence-corrected chi connectivity index (χ1v) is 3.75. The Morgan fingerprint density at radius 1 is 1.54 bits per heavy atom. The van der Waals surface area contributed by atoms with Gasteiger partial charge in [-0.1, -0.05) is 5.11 Å². The molecule has 1 aliphatic heterocycles. The highest BCUT2D eigenvalue weighted by molar-refractivity contribution is 4.87. The lowest BCUT2D eigenvalue weighted by molar-refractivity contribution is -0.237. The third-order valence-corrected chi connectivity index (χ3v) is 1.89. The fourth-order valence-electron chi connectivity index (χ4n) is 1.15. The second-order valence-electron chi connectivity index (χ2n) is 2.69. The Balaban J connectivity index is 2.63. The molecular weight excluding hydrogens is 178 g/mol. The molecule has 0 aliphatic carbocycles. The molecule has 2 N–H and O–H groups in total. The van der Waals surface area contributed by atoms with Crippen molar-refractivity contribution < 1.29 is 19.7 Å².